The number of aromatic nitrogens is 4. The molecule has 0 radical (unpaired) electrons. The summed E-state index contributed by atoms with van der Waals surface area (Å²) < 4.78 is 48.6. The summed E-state index contributed by atoms with van der Waals surface area (Å²) in [6, 6.07) is 12.2. The highest BCUT2D eigenvalue weighted by molar-refractivity contribution is 5.95. The number of amides is 1. The van der Waals surface area contributed by atoms with Crippen LogP contribution in [-0.2, 0) is 12.7 Å². The minimum absolute atomic E-state index is 0.0645. The molecule has 202 valence electrons. The maximum Gasteiger partial charge on any atom is 0.421 e. The second-order valence-corrected chi connectivity index (χ2v) is 8.95. The van der Waals surface area contributed by atoms with Crippen LogP contribution in [0.3, 0.4) is 0 Å². The van der Waals surface area contributed by atoms with Crippen LogP contribution in [0.15, 0.2) is 67.4 Å². The molecule has 2 aromatic heterocycles. The van der Waals surface area contributed by atoms with Crippen LogP contribution in [0.1, 0.15) is 34.3 Å². The Morgan fingerprint density at radius 3 is 2.64 bits per heavy atom. The van der Waals surface area contributed by atoms with Crippen molar-refractivity contribution >= 4 is 23.4 Å². The Morgan fingerprint density at radius 2 is 1.92 bits per heavy atom. The molecule has 3 heterocycles. The van der Waals surface area contributed by atoms with Crippen LogP contribution in [0.2, 0.25) is 0 Å². The average molecular weight is 538 g/mol. The van der Waals surface area contributed by atoms with Crippen molar-refractivity contribution in [3.8, 4) is 11.4 Å². The highest BCUT2D eigenvalue weighted by Crippen LogP contribution is 2.35. The van der Waals surface area contributed by atoms with E-state index in [1.54, 1.807) is 52.5 Å². The molecule has 0 saturated carbocycles. The summed E-state index contributed by atoms with van der Waals surface area (Å²) in [5.41, 5.74) is 1.40. The van der Waals surface area contributed by atoms with Crippen molar-refractivity contribution < 1.29 is 22.7 Å². The quantitative estimate of drug-likeness (QED) is 0.316. The van der Waals surface area contributed by atoms with E-state index in [4.69, 9.17) is 4.74 Å². The number of nitrogens with one attached hydrogen (secondary N) is 2. The summed E-state index contributed by atoms with van der Waals surface area (Å²) in [4.78, 5) is 26.6. The topological polar surface area (TPSA) is 97.2 Å². The fraction of sp³-hybridized carbons (Fsp3) is 0.259. The van der Waals surface area contributed by atoms with Crippen molar-refractivity contribution in [2.24, 2.45) is 0 Å². The van der Waals surface area contributed by atoms with Crippen LogP contribution in [0.25, 0.3) is 5.69 Å². The zero-order valence-electron chi connectivity index (χ0n) is 21.1. The summed E-state index contributed by atoms with van der Waals surface area (Å²) >= 11 is 0. The molecule has 0 aliphatic carbocycles. The third kappa shape index (κ3) is 5.79. The highest BCUT2D eigenvalue weighted by Gasteiger charge is 2.35. The van der Waals surface area contributed by atoms with Gasteiger partial charge in [0, 0.05) is 43.8 Å². The van der Waals surface area contributed by atoms with Crippen molar-refractivity contribution in [1.82, 2.24) is 24.4 Å². The predicted molar refractivity (Wildman–Crippen MR) is 139 cm³/mol. The van der Waals surface area contributed by atoms with Gasteiger partial charge in [-0.3, -0.25) is 4.79 Å². The Kier molecular flexibility index (Phi) is 7.35. The average Bonchev–Trinajstić information content (AvgIpc) is 3.67. The summed E-state index contributed by atoms with van der Waals surface area (Å²) in [5.74, 6) is -0.191. The maximum atomic E-state index is 13.8. The molecule has 0 spiro atoms. The number of ether oxygens (including phenoxy) is 1. The molecule has 39 heavy (non-hydrogen) atoms. The minimum Gasteiger partial charge on any atom is -0.495 e. The normalized spacial score (nSPS) is 13.4. The second-order valence-electron chi connectivity index (χ2n) is 8.95. The van der Waals surface area contributed by atoms with E-state index in [1.807, 2.05) is 18.2 Å². The molecule has 2 aromatic carbocycles. The lowest BCUT2D eigenvalue weighted by molar-refractivity contribution is -0.137. The second kappa shape index (κ2) is 11.0. The molecular weight excluding hydrogens is 511 g/mol. The van der Waals surface area contributed by atoms with Crippen LogP contribution in [-0.4, -0.2) is 50.5 Å². The fourth-order valence-corrected chi connectivity index (χ4v) is 4.43. The number of likely N-dealkylation sites (tertiary alicyclic amines) is 1. The standard InChI is InChI=1S/C27H26F3N7O2/c1-39-23-14-18(25(38)36-11-4-5-12-36)8-9-21(23)34-26-33-16-20(27(28,29)30)24(35-26)32-15-19-6-2-3-7-22(19)37-13-10-31-17-37/h2-3,6-10,13-14,16-17H,4-5,11-12,15H2,1H3,(H2,32,33,34,35). The van der Waals surface area contributed by atoms with Crippen LogP contribution >= 0.6 is 0 Å². The Labute approximate surface area is 222 Å². The minimum atomic E-state index is -4.67. The van der Waals surface area contributed by atoms with Gasteiger partial charge in [0.25, 0.3) is 5.91 Å². The number of anilines is 3. The zero-order valence-corrected chi connectivity index (χ0v) is 21.1. The molecule has 5 rings (SSSR count). The Balaban J connectivity index is 1.39. The van der Waals surface area contributed by atoms with E-state index in [9.17, 15) is 18.0 Å². The number of carbonyl (C=O) groups is 1. The number of methoxy groups -OCH3 is 1. The number of carbonyl (C=O) groups excluding carboxylic acids is 1. The monoisotopic (exact) mass is 537 g/mol. The lowest BCUT2D eigenvalue weighted by Gasteiger charge is -2.18. The summed E-state index contributed by atoms with van der Waals surface area (Å²) in [6.07, 6.45) is 3.00. The van der Waals surface area contributed by atoms with Crippen LogP contribution in [0.4, 0.5) is 30.6 Å². The van der Waals surface area contributed by atoms with Crippen molar-refractivity contribution in [1.29, 1.82) is 0 Å². The van der Waals surface area contributed by atoms with Gasteiger partial charge in [-0.25, -0.2) is 9.97 Å². The summed E-state index contributed by atoms with van der Waals surface area (Å²) in [6.45, 7) is 1.50. The maximum absolute atomic E-state index is 13.8. The van der Waals surface area contributed by atoms with Crippen molar-refractivity contribution in [2.75, 3.05) is 30.8 Å². The number of alkyl halides is 3. The van der Waals surface area contributed by atoms with E-state index >= 15 is 0 Å². The van der Waals surface area contributed by atoms with E-state index in [0.717, 1.165) is 30.3 Å². The number of halogens is 3. The van der Waals surface area contributed by atoms with Gasteiger partial charge in [0.2, 0.25) is 5.95 Å². The number of benzene rings is 2. The van der Waals surface area contributed by atoms with Crippen LogP contribution in [0.5, 0.6) is 5.75 Å². The van der Waals surface area contributed by atoms with Gasteiger partial charge >= 0.3 is 6.18 Å². The van der Waals surface area contributed by atoms with Crippen molar-refractivity contribution in [3.05, 3.63) is 84.1 Å². The van der Waals surface area contributed by atoms with Gasteiger partial charge in [0.1, 0.15) is 17.1 Å². The van der Waals surface area contributed by atoms with Gasteiger partial charge in [0.05, 0.1) is 24.8 Å². The SMILES string of the molecule is COc1cc(C(=O)N2CCCC2)ccc1Nc1ncc(C(F)(F)F)c(NCc2ccccc2-n2ccnc2)n1. The Bertz CT molecular complexity index is 1450. The molecule has 4 aromatic rings. The fourth-order valence-electron chi connectivity index (χ4n) is 4.43. The number of nitrogens with zero attached hydrogens (tertiary/aromatic N) is 5. The first-order chi connectivity index (χ1) is 18.8. The molecular formula is C27H26F3N7O2. The first-order valence-electron chi connectivity index (χ1n) is 12.3. The van der Waals surface area contributed by atoms with E-state index in [2.05, 4.69) is 25.6 Å². The largest absolute Gasteiger partial charge is 0.495 e. The van der Waals surface area contributed by atoms with Crippen molar-refractivity contribution in [2.45, 2.75) is 25.6 Å². The third-order valence-corrected chi connectivity index (χ3v) is 6.40. The number of hydrogen-bond acceptors (Lipinski definition) is 7. The molecule has 1 fully saturated rings. The van der Waals surface area contributed by atoms with Crippen LogP contribution in [0, 0.1) is 0 Å². The molecule has 1 aliphatic rings. The van der Waals surface area contributed by atoms with Gasteiger partial charge in [-0.15, -0.1) is 0 Å². The lowest BCUT2D eigenvalue weighted by atomic mass is 10.1. The van der Waals surface area contributed by atoms with Gasteiger partial charge in [-0.1, -0.05) is 18.2 Å². The van der Waals surface area contributed by atoms with Gasteiger partial charge in [-0.05, 0) is 42.7 Å². The molecule has 0 bridgehead atoms. The predicted octanol–water partition coefficient (Wildman–Crippen LogP) is 5.28. The van der Waals surface area contributed by atoms with Gasteiger partial charge < -0.3 is 24.8 Å². The van der Waals surface area contributed by atoms with E-state index in [1.165, 1.54) is 7.11 Å². The smallest absolute Gasteiger partial charge is 0.421 e. The Morgan fingerprint density at radius 1 is 1.13 bits per heavy atom. The molecule has 9 nitrogen and oxygen atoms in total. The first-order valence-corrected chi connectivity index (χ1v) is 12.3. The molecule has 12 heteroatoms. The van der Waals surface area contributed by atoms with E-state index in [0.29, 0.717) is 30.1 Å². The number of rotatable bonds is 8. The third-order valence-electron chi connectivity index (χ3n) is 6.40. The summed E-state index contributed by atoms with van der Waals surface area (Å²) in [7, 11) is 1.45. The molecule has 0 unspecified atom stereocenters. The molecule has 1 aliphatic heterocycles. The van der Waals surface area contributed by atoms with Gasteiger partial charge in [-0.2, -0.15) is 18.2 Å². The Hall–Kier alpha value is -4.61. The van der Waals surface area contributed by atoms with Gasteiger partial charge in [0.15, 0.2) is 0 Å². The zero-order chi connectivity index (χ0) is 27.4. The molecule has 0 atom stereocenters. The number of imidazole rings is 1. The van der Waals surface area contributed by atoms with Crippen molar-refractivity contribution in [3.63, 3.8) is 0 Å². The van der Waals surface area contributed by atoms with E-state index < -0.39 is 11.7 Å². The highest BCUT2D eigenvalue weighted by atomic mass is 19.4. The number of hydrogen-bond donors (Lipinski definition) is 2. The molecule has 1 amide bonds. The molecule has 2 N–H and O–H groups in total. The molecule has 1 saturated heterocycles. The number of para-hydroxylation sites is 1. The summed E-state index contributed by atoms with van der Waals surface area (Å²) in [5, 5.41) is 5.74. The van der Waals surface area contributed by atoms with Crippen LogP contribution < -0.4 is 15.4 Å². The van der Waals surface area contributed by atoms with E-state index in [-0.39, 0.29) is 24.2 Å². The first kappa shape index (κ1) is 26.0. The lowest BCUT2D eigenvalue weighted by Crippen LogP contribution is -2.27.